The highest BCUT2D eigenvalue weighted by molar-refractivity contribution is 7.98. The van der Waals surface area contributed by atoms with Gasteiger partial charge in [-0.1, -0.05) is 18.2 Å². The quantitative estimate of drug-likeness (QED) is 0.512. The molecule has 1 aromatic rings. The summed E-state index contributed by atoms with van der Waals surface area (Å²) < 4.78 is 5.41. The van der Waals surface area contributed by atoms with Crippen LogP contribution in [0.5, 0.6) is 0 Å². The first-order chi connectivity index (χ1) is 5.76. The van der Waals surface area contributed by atoms with Gasteiger partial charge in [-0.15, -0.1) is 11.8 Å². The second-order valence-corrected chi connectivity index (χ2v) is 4.07. The van der Waals surface area contributed by atoms with E-state index in [1.807, 2.05) is 0 Å². The van der Waals surface area contributed by atoms with Gasteiger partial charge in [0.05, 0.1) is 6.61 Å². The lowest BCUT2D eigenvalue weighted by Crippen LogP contribution is -2.03. The molecule has 0 aromatic heterocycles. The van der Waals surface area contributed by atoms with Gasteiger partial charge in [-0.05, 0) is 24.8 Å². The highest BCUT2D eigenvalue weighted by atomic mass is 32.2. The van der Waals surface area contributed by atoms with Gasteiger partial charge in [-0.2, -0.15) is 0 Å². The van der Waals surface area contributed by atoms with Crippen LogP contribution in [0.1, 0.15) is 12.5 Å². The van der Waals surface area contributed by atoms with E-state index in [0.29, 0.717) is 0 Å². The van der Waals surface area contributed by atoms with E-state index in [0.717, 1.165) is 6.61 Å². The number of thioether (sulfide) groups is 1. The zero-order valence-electron chi connectivity index (χ0n) is 7.33. The number of hydrogen-bond acceptors (Lipinski definition) is 2. The summed E-state index contributed by atoms with van der Waals surface area (Å²) in [6.07, 6.45) is 2.10. The number of benzene rings is 1. The van der Waals surface area contributed by atoms with Gasteiger partial charge in [0.2, 0.25) is 0 Å². The van der Waals surface area contributed by atoms with Crippen LogP contribution in [0.4, 0.5) is 0 Å². The fraction of sp³-hybridized carbons (Fsp3) is 0.400. The molecule has 64 valence electrons. The van der Waals surface area contributed by atoms with Crippen LogP contribution in [0.2, 0.25) is 0 Å². The van der Waals surface area contributed by atoms with Crippen LogP contribution in [-0.2, 0) is 10.3 Å². The van der Waals surface area contributed by atoms with Crippen molar-refractivity contribution >= 4 is 11.8 Å². The first-order valence-electron chi connectivity index (χ1n) is 4.04. The molecule has 2 heteroatoms. The summed E-state index contributed by atoms with van der Waals surface area (Å²) in [7, 11) is 0. The van der Waals surface area contributed by atoms with Crippen molar-refractivity contribution in [2.45, 2.75) is 17.4 Å². The van der Waals surface area contributed by atoms with E-state index in [1.165, 1.54) is 10.5 Å². The summed E-state index contributed by atoms with van der Waals surface area (Å²) in [5.74, 6) is 0. The molecule has 0 N–H and O–H groups in total. The molecule has 0 bridgehead atoms. The van der Waals surface area contributed by atoms with Gasteiger partial charge < -0.3 is 4.74 Å². The molecule has 1 atom stereocenters. The van der Waals surface area contributed by atoms with E-state index in [1.54, 1.807) is 11.8 Å². The van der Waals surface area contributed by atoms with Crippen molar-refractivity contribution in [1.82, 2.24) is 0 Å². The average Bonchev–Trinajstić information content (AvgIpc) is 2.85. The molecule has 1 heterocycles. The second-order valence-electron chi connectivity index (χ2n) is 3.22. The molecular formula is C10H12OS. The zero-order valence-corrected chi connectivity index (χ0v) is 8.15. The van der Waals surface area contributed by atoms with Crippen LogP contribution in [-0.4, -0.2) is 12.9 Å². The fourth-order valence-corrected chi connectivity index (χ4v) is 2.06. The monoisotopic (exact) mass is 180 g/mol. The second kappa shape index (κ2) is 2.79. The molecule has 1 aromatic carbocycles. The number of rotatable bonds is 2. The van der Waals surface area contributed by atoms with Crippen molar-refractivity contribution in [2.24, 2.45) is 0 Å². The zero-order chi connectivity index (χ0) is 8.60. The van der Waals surface area contributed by atoms with E-state index in [9.17, 15) is 0 Å². The Morgan fingerprint density at radius 3 is 2.67 bits per heavy atom. The third kappa shape index (κ3) is 1.25. The molecule has 1 fully saturated rings. The SMILES string of the molecule is CSc1ccccc1C1(C)CO1. The van der Waals surface area contributed by atoms with Crippen molar-refractivity contribution in [3.05, 3.63) is 29.8 Å². The van der Waals surface area contributed by atoms with Crippen molar-refractivity contribution in [2.75, 3.05) is 12.9 Å². The van der Waals surface area contributed by atoms with E-state index < -0.39 is 0 Å². The Balaban J connectivity index is 2.42. The third-order valence-electron chi connectivity index (χ3n) is 2.25. The Labute approximate surface area is 77.1 Å². The Hall–Kier alpha value is -0.470. The van der Waals surface area contributed by atoms with Gasteiger partial charge in [-0.3, -0.25) is 0 Å². The molecule has 0 spiro atoms. The third-order valence-corrected chi connectivity index (χ3v) is 3.05. The van der Waals surface area contributed by atoms with Crippen molar-refractivity contribution < 1.29 is 4.74 Å². The van der Waals surface area contributed by atoms with Gasteiger partial charge in [0, 0.05) is 4.90 Å². The Kier molecular flexibility index (Phi) is 1.89. The van der Waals surface area contributed by atoms with Crippen molar-refractivity contribution in [1.29, 1.82) is 0 Å². The molecule has 0 radical (unpaired) electrons. The van der Waals surface area contributed by atoms with Crippen LogP contribution >= 0.6 is 11.8 Å². The molecular weight excluding hydrogens is 168 g/mol. The lowest BCUT2D eigenvalue weighted by Gasteiger charge is -2.09. The Morgan fingerprint density at radius 2 is 2.08 bits per heavy atom. The summed E-state index contributed by atoms with van der Waals surface area (Å²) in [6.45, 7) is 3.01. The van der Waals surface area contributed by atoms with Crippen LogP contribution in [0.15, 0.2) is 29.2 Å². The molecule has 1 nitrogen and oxygen atoms in total. The highest BCUT2D eigenvalue weighted by Crippen LogP contribution is 2.41. The summed E-state index contributed by atoms with van der Waals surface area (Å²) in [6, 6.07) is 8.44. The maximum Gasteiger partial charge on any atom is 0.115 e. The molecule has 1 unspecified atom stereocenters. The Morgan fingerprint density at radius 1 is 1.42 bits per heavy atom. The smallest absolute Gasteiger partial charge is 0.115 e. The predicted molar refractivity (Wildman–Crippen MR) is 51.5 cm³/mol. The number of hydrogen-bond donors (Lipinski definition) is 0. The summed E-state index contributed by atoms with van der Waals surface area (Å²) in [5.41, 5.74) is 1.34. The minimum absolute atomic E-state index is 0.0135. The van der Waals surface area contributed by atoms with E-state index in [4.69, 9.17) is 4.74 Å². The lowest BCUT2D eigenvalue weighted by atomic mass is 10.0. The number of ether oxygens (including phenoxy) is 1. The van der Waals surface area contributed by atoms with Crippen LogP contribution in [0.25, 0.3) is 0 Å². The summed E-state index contributed by atoms with van der Waals surface area (Å²) in [5, 5.41) is 0. The predicted octanol–water partition coefficient (Wildman–Crippen LogP) is 2.65. The van der Waals surface area contributed by atoms with E-state index in [2.05, 4.69) is 37.4 Å². The van der Waals surface area contributed by atoms with Crippen molar-refractivity contribution in [3.8, 4) is 0 Å². The molecule has 0 saturated carbocycles. The highest BCUT2D eigenvalue weighted by Gasteiger charge is 2.42. The fourth-order valence-electron chi connectivity index (χ4n) is 1.35. The topological polar surface area (TPSA) is 12.5 Å². The number of epoxide rings is 1. The van der Waals surface area contributed by atoms with Gasteiger partial charge >= 0.3 is 0 Å². The standard InChI is InChI=1S/C10H12OS/c1-10(7-11-10)8-5-3-4-6-9(8)12-2/h3-6H,7H2,1-2H3. The van der Waals surface area contributed by atoms with Gasteiger partial charge in [0.25, 0.3) is 0 Å². The summed E-state index contributed by atoms with van der Waals surface area (Å²) >= 11 is 1.78. The molecule has 1 aliphatic rings. The van der Waals surface area contributed by atoms with Crippen molar-refractivity contribution in [3.63, 3.8) is 0 Å². The molecule has 2 rings (SSSR count). The summed E-state index contributed by atoms with van der Waals surface area (Å²) in [4.78, 5) is 1.33. The van der Waals surface area contributed by atoms with E-state index in [-0.39, 0.29) is 5.60 Å². The molecule has 0 aliphatic carbocycles. The van der Waals surface area contributed by atoms with Crippen LogP contribution in [0, 0.1) is 0 Å². The molecule has 12 heavy (non-hydrogen) atoms. The maximum absolute atomic E-state index is 5.41. The van der Waals surface area contributed by atoms with Crippen LogP contribution in [0.3, 0.4) is 0 Å². The minimum atomic E-state index is 0.0135. The first-order valence-corrected chi connectivity index (χ1v) is 5.26. The average molecular weight is 180 g/mol. The molecule has 0 amide bonds. The Bertz CT molecular complexity index is 292. The largest absolute Gasteiger partial charge is 0.365 e. The normalized spacial score (nSPS) is 27.2. The molecule has 1 aliphatic heterocycles. The van der Waals surface area contributed by atoms with Gasteiger partial charge in [-0.25, -0.2) is 0 Å². The first kappa shape index (κ1) is 8.14. The van der Waals surface area contributed by atoms with Crippen LogP contribution < -0.4 is 0 Å². The maximum atomic E-state index is 5.41. The van der Waals surface area contributed by atoms with Gasteiger partial charge in [0.1, 0.15) is 5.60 Å². The lowest BCUT2D eigenvalue weighted by molar-refractivity contribution is 0.326. The minimum Gasteiger partial charge on any atom is -0.365 e. The molecule has 1 saturated heterocycles. The van der Waals surface area contributed by atoms with Gasteiger partial charge in [0.15, 0.2) is 0 Å². The van der Waals surface area contributed by atoms with E-state index >= 15 is 0 Å².